The monoisotopic (exact) mass is 436 g/mol. The number of nitrogens with one attached hydrogen (secondary N) is 1. The maximum absolute atomic E-state index is 12.5. The Morgan fingerprint density at radius 1 is 1.28 bits per heavy atom. The molecule has 11 heteroatoms. The summed E-state index contributed by atoms with van der Waals surface area (Å²) < 4.78 is 3.06. The number of carbonyl (C=O) groups excluding carboxylic acids is 1. The standard InChI is InChI=1S/C18H18Cl2N6O3/c1-11(9-25-12(2)8-17(23-25)26(28)29)18(27)21-16-6-7-24(22-16)10-13-14(19)4-3-5-15(13)20/h3-8,11H,9-10H2,1-2H3,(H,21,22,27). The molecule has 2 aromatic heterocycles. The van der Waals surface area contributed by atoms with Gasteiger partial charge in [0, 0.05) is 27.9 Å². The Hall–Kier alpha value is -2.91. The second-order valence-corrected chi connectivity index (χ2v) is 7.39. The first-order chi connectivity index (χ1) is 13.7. The van der Waals surface area contributed by atoms with Crippen LogP contribution in [0.5, 0.6) is 0 Å². The van der Waals surface area contributed by atoms with Crippen molar-refractivity contribution in [3.05, 3.63) is 67.9 Å². The Labute approximate surface area is 176 Å². The lowest BCUT2D eigenvalue weighted by atomic mass is 10.1. The highest BCUT2D eigenvalue weighted by Crippen LogP contribution is 2.25. The van der Waals surface area contributed by atoms with E-state index >= 15 is 0 Å². The number of anilines is 1. The first-order valence-electron chi connectivity index (χ1n) is 8.70. The molecule has 152 valence electrons. The van der Waals surface area contributed by atoms with Crippen molar-refractivity contribution in [1.29, 1.82) is 0 Å². The quantitative estimate of drug-likeness (QED) is 0.445. The highest BCUT2D eigenvalue weighted by molar-refractivity contribution is 6.35. The number of amides is 1. The number of carbonyl (C=O) groups is 1. The number of rotatable bonds is 7. The molecule has 0 saturated heterocycles. The Kier molecular flexibility index (Phi) is 6.19. The van der Waals surface area contributed by atoms with Crippen molar-refractivity contribution < 1.29 is 9.72 Å². The fourth-order valence-electron chi connectivity index (χ4n) is 2.72. The normalized spacial score (nSPS) is 12.0. The number of halogens is 2. The zero-order chi connectivity index (χ0) is 21.1. The highest BCUT2D eigenvalue weighted by Gasteiger charge is 2.21. The van der Waals surface area contributed by atoms with E-state index in [1.165, 1.54) is 10.7 Å². The van der Waals surface area contributed by atoms with Gasteiger partial charge in [0.15, 0.2) is 5.82 Å². The number of nitro groups is 1. The number of benzene rings is 1. The van der Waals surface area contributed by atoms with Gasteiger partial charge >= 0.3 is 5.82 Å². The predicted molar refractivity (Wildman–Crippen MR) is 109 cm³/mol. The molecule has 0 bridgehead atoms. The van der Waals surface area contributed by atoms with Crippen molar-refractivity contribution in [2.45, 2.75) is 26.9 Å². The lowest BCUT2D eigenvalue weighted by Crippen LogP contribution is -2.25. The number of hydrogen-bond acceptors (Lipinski definition) is 5. The van der Waals surface area contributed by atoms with Gasteiger partial charge in [-0.2, -0.15) is 9.78 Å². The third kappa shape index (κ3) is 4.93. The van der Waals surface area contributed by atoms with Crippen molar-refractivity contribution in [3.63, 3.8) is 0 Å². The van der Waals surface area contributed by atoms with Gasteiger partial charge in [0.2, 0.25) is 5.91 Å². The van der Waals surface area contributed by atoms with Crippen molar-refractivity contribution >= 4 is 40.7 Å². The second kappa shape index (κ2) is 8.62. The smallest absolute Gasteiger partial charge is 0.358 e. The molecule has 3 rings (SSSR count). The van der Waals surface area contributed by atoms with E-state index < -0.39 is 10.8 Å². The van der Waals surface area contributed by atoms with Gasteiger partial charge in [-0.05, 0) is 24.0 Å². The molecular weight excluding hydrogens is 419 g/mol. The summed E-state index contributed by atoms with van der Waals surface area (Å²) >= 11 is 12.4. The summed E-state index contributed by atoms with van der Waals surface area (Å²) in [5.74, 6) is -0.611. The van der Waals surface area contributed by atoms with Crippen LogP contribution in [0, 0.1) is 23.0 Å². The van der Waals surface area contributed by atoms with Crippen LogP contribution in [0.1, 0.15) is 18.2 Å². The van der Waals surface area contributed by atoms with Crippen LogP contribution in [0.3, 0.4) is 0 Å². The average molecular weight is 437 g/mol. The van der Waals surface area contributed by atoms with Gasteiger partial charge in [0.25, 0.3) is 0 Å². The van der Waals surface area contributed by atoms with Crippen LogP contribution in [0.4, 0.5) is 11.6 Å². The van der Waals surface area contributed by atoms with Crippen LogP contribution in [-0.4, -0.2) is 30.4 Å². The fourth-order valence-corrected chi connectivity index (χ4v) is 3.24. The highest BCUT2D eigenvalue weighted by atomic mass is 35.5. The molecule has 1 aromatic carbocycles. The van der Waals surface area contributed by atoms with E-state index in [4.69, 9.17) is 23.2 Å². The molecule has 1 unspecified atom stereocenters. The summed E-state index contributed by atoms with van der Waals surface area (Å²) in [6.07, 6.45) is 1.71. The van der Waals surface area contributed by atoms with Gasteiger partial charge in [-0.1, -0.05) is 36.2 Å². The first kappa shape index (κ1) is 20.8. The SMILES string of the molecule is Cc1cc([N+](=O)[O-])nn1CC(C)C(=O)Nc1ccn(Cc2c(Cl)cccc2Cl)n1. The number of aromatic nitrogens is 4. The molecule has 0 saturated carbocycles. The molecule has 0 aliphatic heterocycles. The predicted octanol–water partition coefficient (Wildman–Crippen LogP) is 3.93. The van der Waals surface area contributed by atoms with Crippen LogP contribution in [-0.2, 0) is 17.9 Å². The first-order valence-corrected chi connectivity index (χ1v) is 9.46. The van der Waals surface area contributed by atoms with Crippen LogP contribution in [0.15, 0.2) is 36.5 Å². The van der Waals surface area contributed by atoms with Crippen molar-refractivity contribution in [3.8, 4) is 0 Å². The lowest BCUT2D eigenvalue weighted by Gasteiger charge is -2.10. The van der Waals surface area contributed by atoms with Gasteiger partial charge in [0.1, 0.15) is 0 Å². The summed E-state index contributed by atoms with van der Waals surface area (Å²) in [6, 6.07) is 8.29. The van der Waals surface area contributed by atoms with Gasteiger partial charge < -0.3 is 15.4 Å². The Morgan fingerprint density at radius 2 is 1.97 bits per heavy atom. The summed E-state index contributed by atoms with van der Waals surface area (Å²) in [4.78, 5) is 22.7. The van der Waals surface area contributed by atoms with E-state index in [9.17, 15) is 14.9 Å². The summed E-state index contributed by atoms with van der Waals surface area (Å²) in [7, 11) is 0. The largest absolute Gasteiger partial charge is 0.390 e. The van der Waals surface area contributed by atoms with Gasteiger partial charge in [0.05, 0.1) is 35.9 Å². The van der Waals surface area contributed by atoms with E-state index in [0.717, 1.165) is 5.56 Å². The van der Waals surface area contributed by atoms with Crippen LogP contribution < -0.4 is 5.32 Å². The number of nitrogens with zero attached hydrogens (tertiary/aromatic N) is 5. The fraction of sp³-hybridized carbons (Fsp3) is 0.278. The number of hydrogen-bond donors (Lipinski definition) is 1. The molecule has 1 amide bonds. The Morgan fingerprint density at radius 3 is 2.59 bits per heavy atom. The zero-order valence-electron chi connectivity index (χ0n) is 15.7. The molecule has 0 radical (unpaired) electrons. The van der Waals surface area contributed by atoms with Crippen molar-refractivity contribution in [2.24, 2.45) is 5.92 Å². The van der Waals surface area contributed by atoms with E-state index in [1.54, 1.807) is 49.0 Å². The second-order valence-electron chi connectivity index (χ2n) is 6.57. The van der Waals surface area contributed by atoms with Crippen molar-refractivity contribution in [2.75, 3.05) is 5.32 Å². The molecular formula is C18H18Cl2N6O3. The third-order valence-electron chi connectivity index (χ3n) is 4.32. The van der Waals surface area contributed by atoms with E-state index in [1.807, 2.05) is 0 Å². The molecule has 3 aromatic rings. The maximum atomic E-state index is 12.5. The third-order valence-corrected chi connectivity index (χ3v) is 5.03. The average Bonchev–Trinajstić information content (AvgIpc) is 3.25. The van der Waals surface area contributed by atoms with Crippen LogP contribution in [0.25, 0.3) is 0 Å². The van der Waals surface area contributed by atoms with E-state index in [-0.39, 0.29) is 18.3 Å². The van der Waals surface area contributed by atoms with Gasteiger partial charge in [-0.15, -0.1) is 0 Å². The van der Waals surface area contributed by atoms with Crippen LogP contribution >= 0.6 is 23.2 Å². The molecule has 0 aliphatic carbocycles. The van der Waals surface area contributed by atoms with Gasteiger partial charge in [-0.25, -0.2) is 0 Å². The minimum absolute atomic E-state index is 0.210. The minimum atomic E-state index is -0.563. The molecule has 2 heterocycles. The minimum Gasteiger partial charge on any atom is -0.358 e. The molecule has 0 aliphatic rings. The van der Waals surface area contributed by atoms with Crippen molar-refractivity contribution in [1.82, 2.24) is 19.6 Å². The topological polar surface area (TPSA) is 108 Å². The molecule has 0 spiro atoms. The Balaban J connectivity index is 1.63. The van der Waals surface area contributed by atoms with E-state index in [0.29, 0.717) is 28.1 Å². The summed E-state index contributed by atoms with van der Waals surface area (Å²) in [5.41, 5.74) is 1.35. The summed E-state index contributed by atoms with van der Waals surface area (Å²) in [6.45, 7) is 3.98. The zero-order valence-corrected chi connectivity index (χ0v) is 17.2. The van der Waals surface area contributed by atoms with E-state index in [2.05, 4.69) is 15.5 Å². The summed E-state index contributed by atoms with van der Waals surface area (Å²) in [5, 5.41) is 22.9. The Bertz CT molecular complexity index is 1040. The molecule has 29 heavy (non-hydrogen) atoms. The molecule has 1 N–H and O–H groups in total. The molecule has 0 fully saturated rings. The molecule has 1 atom stereocenters. The number of aryl methyl sites for hydroxylation is 1. The lowest BCUT2D eigenvalue weighted by molar-refractivity contribution is -0.389. The maximum Gasteiger partial charge on any atom is 0.390 e. The van der Waals surface area contributed by atoms with Crippen LogP contribution in [0.2, 0.25) is 10.0 Å². The molecule has 9 nitrogen and oxygen atoms in total. The van der Waals surface area contributed by atoms with Gasteiger partial charge in [-0.3, -0.25) is 9.48 Å².